The Kier molecular flexibility index (Phi) is 5.76. The molecule has 0 aromatic carbocycles. The van der Waals surface area contributed by atoms with Gasteiger partial charge in [-0.05, 0) is 18.4 Å². The predicted molar refractivity (Wildman–Crippen MR) is 77.1 cm³/mol. The fourth-order valence-electron chi connectivity index (χ4n) is 1.76. The largest absolute Gasteiger partial charge is 0.323 e. The third-order valence-corrected chi connectivity index (χ3v) is 3.28. The highest BCUT2D eigenvalue weighted by molar-refractivity contribution is 5.94. The van der Waals surface area contributed by atoms with Gasteiger partial charge in [-0.3, -0.25) is 9.59 Å². The Morgan fingerprint density at radius 3 is 2.68 bits per heavy atom. The third kappa shape index (κ3) is 4.21. The zero-order valence-corrected chi connectivity index (χ0v) is 11.8. The monoisotopic (exact) mass is 265 g/mol. The van der Waals surface area contributed by atoms with Crippen molar-refractivity contribution in [3.63, 3.8) is 0 Å². The molecule has 5 nitrogen and oxygen atoms in total. The summed E-state index contributed by atoms with van der Waals surface area (Å²) < 4.78 is 1.59. The average Bonchev–Trinajstić information content (AvgIpc) is 2.41. The van der Waals surface area contributed by atoms with Crippen LogP contribution in [0.15, 0.2) is 23.1 Å². The molecule has 0 bridgehead atoms. The average molecular weight is 265 g/mol. The molecular formula is C14H23N3O2. The summed E-state index contributed by atoms with van der Waals surface area (Å²) in [6.07, 6.45) is 3.38. The van der Waals surface area contributed by atoms with E-state index < -0.39 is 6.04 Å². The van der Waals surface area contributed by atoms with Crippen LogP contribution < -0.4 is 16.6 Å². The van der Waals surface area contributed by atoms with E-state index in [2.05, 4.69) is 5.32 Å². The molecule has 0 radical (unpaired) electrons. The fourth-order valence-corrected chi connectivity index (χ4v) is 1.76. The minimum absolute atomic E-state index is 0.0638. The smallest absolute Gasteiger partial charge is 0.250 e. The number of aromatic nitrogens is 1. The van der Waals surface area contributed by atoms with Crippen LogP contribution in [-0.4, -0.2) is 16.5 Å². The molecule has 5 heteroatoms. The second-order valence-electron chi connectivity index (χ2n) is 4.85. The van der Waals surface area contributed by atoms with E-state index in [4.69, 9.17) is 5.73 Å². The first-order chi connectivity index (χ1) is 8.99. The molecule has 3 N–H and O–H groups in total. The summed E-state index contributed by atoms with van der Waals surface area (Å²) >= 11 is 0. The maximum absolute atomic E-state index is 11.9. The lowest BCUT2D eigenvalue weighted by Crippen LogP contribution is -2.40. The minimum Gasteiger partial charge on any atom is -0.323 e. The second-order valence-corrected chi connectivity index (χ2v) is 4.85. The Morgan fingerprint density at radius 2 is 2.11 bits per heavy atom. The molecule has 0 saturated heterocycles. The lowest BCUT2D eigenvalue weighted by atomic mass is 9.99. The van der Waals surface area contributed by atoms with Crippen LogP contribution in [0.5, 0.6) is 0 Å². The SMILES string of the molecule is CCCn1cc(NC(=O)[C@@H](N)C(C)CC)ccc1=O. The van der Waals surface area contributed by atoms with E-state index >= 15 is 0 Å². The topological polar surface area (TPSA) is 77.1 Å². The van der Waals surface area contributed by atoms with Crippen molar-refractivity contribution in [1.29, 1.82) is 0 Å². The molecule has 0 spiro atoms. The summed E-state index contributed by atoms with van der Waals surface area (Å²) in [6.45, 7) is 6.58. The van der Waals surface area contributed by atoms with Crippen molar-refractivity contribution in [3.8, 4) is 0 Å². The van der Waals surface area contributed by atoms with E-state index in [1.807, 2.05) is 20.8 Å². The zero-order chi connectivity index (χ0) is 14.4. The molecule has 1 heterocycles. The van der Waals surface area contributed by atoms with Crippen LogP contribution in [0.3, 0.4) is 0 Å². The lowest BCUT2D eigenvalue weighted by Gasteiger charge is -2.18. The molecule has 0 fully saturated rings. The normalized spacial score (nSPS) is 13.9. The summed E-state index contributed by atoms with van der Waals surface area (Å²) in [7, 11) is 0. The molecule has 0 aliphatic heterocycles. The zero-order valence-electron chi connectivity index (χ0n) is 11.8. The minimum atomic E-state index is -0.531. The van der Waals surface area contributed by atoms with Gasteiger partial charge in [0.1, 0.15) is 0 Å². The van der Waals surface area contributed by atoms with E-state index in [-0.39, 0.29) is 17.4 Å². The van der Waals surface area contributed by atoms with E-state index in [9.17, 15) is 9.59 Å². The maximum atomic E-state index is 11.9. The molecule has 0 saturated carbocycles. The Bertz CT molecular complexity index is 482. The third-order valence-electron chi connectivity index (χ3n) is 3.28. The fraction of sp³-hybridized carbons (Fsp3) is 0.571. The first-order valence-corrected chi connectivity index (χ1v) is 6.76. The van der Waals surface area contributed by atoms with Gasteiger partial charge >= 0.3 is 0 Å². The summed E-state index contributed by atoms with van der Waals surface area (Å²) in [5.74, 6) is -0.0856. The number of hydrogen-bond donors (Lipinski definition) is 2. The van der Waals surface area contributed by atoms with Gasteiger partial charge in [0.25, 0.3) is 5.56 Å². The van der Waals surface area contributed by atoms with Crippen LogP contribution in [0.25, 0.3) is 0 Å². The molecule has 1 aromatic heterocycles. The van der Waals surface area contributed by atoms with Gasteiger partial charge in [-0.15, -0.1) is 0 Å². The molecule has 2 atom stereocenters. The molecule has 0 aliphatic carbocycles. The van der Waals surface area contributed by atoms with Gasteiger partial charge in [0.15, 0.2) is 0 Å². The standard InChI is InChI=1S/C14H23N3O2/c1-4-8-17-9-11(6-7-12(17)18)16-14(19)13(15)10(3)5-2/h6-7,9-10,13H,4-5,8,15H2,1-3H3,(H,16,19)/t10?,13-/m0/s1. The first-order valence-electron chi connectivity index (χ1n) is 6.76. The number of pyridine rings is 1. The predicted octanol–water partition coefficient (Wildman–Crippen LogP) is 1.57. The van der Waals surface area contributed by atoms with E-state index in [0.717, 1.165) is 12.8 Å². The lowest BCUT2D eigenvalue weighted by molar-refractivity contribution is -0.118. The number of rotatable bonds is 6. The molecule has 106 valence electrons. The van der Waals surface area contributed by atoms with Crippen molar-refractivity contribution < 1.29 is 4.79 Å². The van der Waals surface area contributed by atoms with Gasteiger partial charge in [-0.25, -0.2) is 0 Å². The molecule has 1 amide bonds. The summed E-state index contributed by atoms with van der Waals surface area (Å²) in [5.41, 5.74) is 6.41. The van der Waals surface area contributed by atoms with Crippen molar-refractivity contribution in [2.75, 3.05) is 5.32 Å². The van der Waals surface area contributed by atoms with Crippen LogP contribution in [0.2, 0.25) is 0 Å². The molecule has 19 heavy (non-hydrogen) atoms. The number of amides is 1. The number of nitrogens with one attached hydrogen (secondary N) is 1. The van der Waals surface area contributed by atoms with Crippen molar-refractivity contribution >= 4 is 11.6 Å². The van der Waals surface area contributed by atoms with Crippen molar-refractivity contribution in [3.05, 3.63) is 28.7 Å². The number of carbonyl (C=O) groups is 1. The van der Waals surface area contributed by atoms with Crippen molar-refractivity contribution in [2.45, 2.75) is 46.2 Å². The van der Waals surface area contributed by atoms with Crippen LogP contribution in [0.4, 0.5) is 5.69 Å². The van der Waals surface area contributed by atoms with E-state index in [1.165, 1.54) is 6.07 Å². The molecule has 1 rings (SSSR count). The van der Waals surface area contributed by atoms with Crippen LogP contribution in [0, 0.1) is 5.92 Å². The highest BCUT2D eigenvalue weighted by Gasteiger charge is 2.19. The van der Waals surface area contributed by atoms with E-state index in [1.54, 1.807) is 16.8 Å². The first kappa shape index (κ1) is 15.4. The van der Waals surface area contributed by atoms with Gasteiger partial charge in [-0.2, -0.15) is 0 Å². The highest BCUT2D eigenvalue weighted by atomic mass is 16.2. The Labute approximate surface area is 113 Å². The number of hydrogen-bond acceptors (Lipinski definition) is 3. The van der Waals surface area contributed by atoms with Gasteiger partial charge in [0.2, 0.25) is 5.91 Å². The van der Waals surface area contributed by atoms with E-state index in [0.29, 0.717) is 12.2 Å². The number of carbonyl (C=O) groups excluding carboxylic acids is 1. The quantitative estimate of drug-likeness (QED) is 0.819. The maximum Gasteiger partial charge on any atom is 0.250 e. The van der Waals surface area contributed by atoms with Gasteiger partial charge in [0.05, 0.1) is 11.7 Å². The summed E-state index contributed by atoms with van der Waals surface area (Å²) in [5, 5.41) is 2.76. The van der Waals surface area contributed by atoms with Crippen LogP contribution >= 0.6 is 0 Å². The molecule has 1 aromatic rings. The second kappa shape index (κ2) is 7.09. The molecular weight excluding hydrogens is 242 g/mol. The summed E-state index contributed by atoms with van der Waals surface area (Å²) in [6, 6.07) is 2.53. The van der Waals surface area contributed by atoms with Crippen LogP contribution in [-0.2, 0) is 11.3 Å². The molecule has 1 unspecified atom stereocenters. The number of nitrogens with zero attached hydrogens (tertiary/aromatic N) is 1. The Balaban J connectivity index is 2.79. The number of anilines is 1. The molecule has 0 aliphatic rings. The van der Waals surface area contributed by atoms with Crippen molar-refractivity contribution in [1.82, 2.24) is 4.57 Å². The van der Waals surface area contributed by atoms with Gasteiger partial charge in [-0.1, -0.05) is 27.2 Å². The number of nitrogens with two attached hydrogens (primary N) is 1. The Morgan fingerprint density at radius 1 is 1.42 bits per heavy atom. The van der Waals surface area contributed by atoms with Crippen LogP contribution in [0.1, 0.15) is 33.6 Å². The van der Waals surface area contributed by atoms with Gasteiger partial charge in [0, 0.05) is 18.8 Å². The van der Waals surface area contributed by atoms with Gasteiger partial charge < -0.3 is 15.6 Å². The Hall–Kier alpha value is -1.62. The highest BCUT2D eigenvalue weighted by Crippen LogP contribution is 2.09. The van der Waals surface area contributed by atoms with Crippen molar-refractivity contribution in [2.24, 2.45) is 11.7 Å². The summed E-state index contributed by atoms with van der Waals surface area (Å²) in [4.78, 5) is 23.5. The number of aryl methyl sites for hydroxylation is 1.